The fourth-order valence-electron chi connectivity index (χ4n) is 2.83. The molecule has 2 heterocycles. The number of primary amides is 1. The third-order valence-electron chi connectivity index (χ3n) is 4.30. The van der Waals surface area contributed by atoms with Crippen molar-refractivity contribution in [3.05, 3.63) is 77.7 Å². The van der Waals surface area contributed by atoms with Crippen molar-refractivity contribution in [2.45, 2.75) is 6.43 Å². The molecule has 0 aliphatic rings. The Balaban J connectivity index is 1.45. The number of aromatic amines is 1. The molecule has 4 rings (SSSR count). The number of carbonyl (C=O) groups excluding carboxylic acids is 2. The molecule has 0 fully saturated rings. The van der Waals surface area contributed by atoms with Crippen molar-refractivity contribution >= 4 is 28.5 Å². The molecule has 4 aromatic rings. The minimum absolute atomic E-state index is 0.248. The summed E-state index contributed by atoms with van der Waals surface area (Å²) in [4.78, 5) is 34.1. The first-order valence-corrected chi connectivity index (χ1v) is 9.02. The lowest BCUT2D eigenvalue weighted by Gasteiger charge is -2.08. The Morgan fingerprint density at radius 2 is 1.90 bits per heavy atom. The van der Waals surface area contributed by atoms with Gasteiger partial charge in [0.1, 0.15) is 5.75 Å². The van der Waals surface area contributed by atoms with Crippen LogP contribution < -0.4 is 15.8 Å². The van der Waals surface area contributed by atoms with Gasteiger partial charge in [-0.05, 0) is 42.5 Å². The Hall–Kier alpha value is -4.34. The molecule has 2 amide bonds. The van der Waals surface area contributed by atoms with Crippen LogP contribution in [0.1, 0.15) is 33.0 Å². The van der Waals surface area contributed by atoms with Crippen molar-refractivity contribution in [3.8, 4) is 11.6 Å². The summed E-state index contributed by atoms with van der Waals surface area (Å²) < 4.78 is 31.1. The van der Waals surface area contributed by atoms with E-state index in [9.17, 15) is 18.4 Å². The van der Waals surface area contributed by atoms with Crippen LogP contribution >= 0.6 is 0 Å². The van der Waals surface area contributed by atoms with E-state index >= 15 is 0 Å². The van der Waals surface area contributed by atoms with Gasteiger partial charge in [0, 0.05) is 17.2 Å². The van der Waals surface area contributed by atoms with Crippen molar-refractivity contribution in [3.63, 3.8) is 0 Å². The maximum absolute atomic E-state index is 12.8. The second-order valence-corrected chi connectivity index (χ2v) is 6.49. The number of fused-ring (bicyclic) bond motifs is 1. The molecule has 10 heteroatoms. The number of amides is 2. The van der Waals surface area contributed by atoms with Crippen LogP contribution in [-0.2, 0) is 0 Å². The second kappa shape index (κ2) is 8.19. The summed E-state index contributed by atoms with van der Waals surface area (Å²) in [6.07, 6.45) is -1.33. The topological polar surface area (TPSA) is 123 Å². The molecular weight excluding hydrogens is 408 g/mol. The molecule has 0 saturated heterocycles. The lowest BCUT2D eigenvalue weighted by Crippen LogP contribution is -2.12. The predicted octanol–water partition coefficient (Wildman–Crippen LogP) is 4.04. The number of nitrogens with one attached hydrogen (secondary N) is 2. The summed E-state index contributed by atoms with van der Waals surface area (Å²) in [7, 11) is 0. The van der Waals surface area contributed by atoms with E-state index < -0.39 is 24.1 Å². The molecule has 0 spiro atoms. The molecule has 0 atom stereocenters. The molecule has 0 aliphatic carbocycles. The molecule has 4 N–H and O–H groups in total. The number of alkyl halides is 2. The summed E-state index contributed by atoms with van der Waals surface area (Å²) in [5, 5.41) is 2.67. The lowest BCUT2D eigenvalue weighted by atomic mass is 10.2. The highest BCUT2D eigenvalue weighted by Crippen LogP contribution is 2.23. The zero-order valence-electron chi connectivity index (χ0n) is 15.8. The molecule has 0 aliphatic heterocycles. The van der Waals surface area contributed by atoms with Crippen LogP contribution in [0.15, 0.2) is 60.8 Å². The number of pyridine rings is 1. The summed E-state index contributed by atoms with van der Waals surface area (Å²) >= 11 is 0. The van der Waals surface area contributed by atoms with E-state index in [4.69, 9.17) is 10.5 Å². The van der Waals surface area contributed by atoms with Crippen molar-refractivity contribution in [1.29, 1.82) is 0 Å². The van der Waals surface area contributed by atoms with Gasteiger partial charge < -0.3 is 20.8 Å². The summed E-state index contributed by atoms with van der Waals surface area (Å²) in [5.41, 5.74) is 6.90. The second-order valence-electron chi connectivity index (χ2n) is 6.49. The number of hydrogen-bond donors (Lipinski definition) is 3. The maximum Gasteiger partial charge on any atom is 0.295 e. The average molecular weight is 423 g/mol. The Bertz CT molecular complexity index is 1270. The van der Waals surface area contributed by atoms with Gasteiger partial charge in [-0.15, -0.1) is 0 Å². The van der Waals surface area contributed by atoms with Crippen LogP contribution in [0.25, 0.3) is 11.0 Å². The van der Waals surface area contributed by atoms with Gasteiger partial charge in [0.05, 0.1) is 22.9 Å². The molecule has 31 heavy (non-hydrogen) atoms. The van der Waals surface area contributed by atoms with Crippen LogP contribution in [0.5, 0.6) is 11.6 Å². The molecule has 0 radical (unpaired) electrons. The summed E-state index contributed by atoms with van der Waals surface area (Å²) in [6, 6.07) is 13.9. The van der Waals surface area contributed by atoms with Gasteiger partial charge in [0.2, 0.25) is 11.8 Å². The highest BCUT2D eigenvalue weighted by Gasteiger charge is 2.14. The van der Waals surface area contributed by atoms with Gasteiger partial charge in [0.25, 0.3) is 12.3 Å². The van der Waals surface area contributed by atoms with E-state index in [-0.39, 0.29) is 11.4 Å². The highest BCUT2D eigenvalue weighted by atomic mass is 19.3. The third kappa shape index (κ3) is 4.47. The van der Waals surface area contributed by atoms with Crippen LogP contribution in [-0.4, -0.2) is 26.8 Å². The van der Waals surface area contributed by atoms with Crippen molar-refractivity contribution in [2.24, 2.45) is 5.73 Å². The first-order valence-electron chi connectivity index (χ1n) is 9.02. The van der Waals surface area contributed by atoms with E-state index in [1.165, 1.54) is 30.5 Å². The van der Waals surface area contributed by atoms with Gasteiger partial charge in [-0.2, -0.15) is 0 Å². The molecular formula is C21H15F2N5O3. The number of imidazole rings is 1. The molecule has 2 aromatic carbocycles. The van der Waals surface area contributed by atoms with Crippen LogP contribution in [0.2, 0.25) is 0 Å². The fraction of sp³-hybridized carbons (Fsp3) is 0.0476. The highest BCUT2D eigenvalue weighted by molar-refractivity contribution is 6.05. The number of rotatable bonds is 6. The number of ether oxygens (including phenoxy) is 1. The molecule has 0 bridgehead atoms. The van der Waals surface area contributed by atoms with Crippen LogP contribution in [0.3, 0.4) is 0 Å². The first-order chi connectivity index (χ1) is 14.9. The monoisotopic (exact) mass is 423 g/mol. The number of anilines is 1. The molecule has 2 aromatic heterocycles. The van der Waals surface area contributed by atoms with E-state index in [1.807, 2.05) is 0 Å². The van der Waals surface area contributed by atoms with Gasteiger partial charge in [0.15, 0.2) is 5.82 Å². The number of benzene rings is 2. The Morgan fingerprint density at radius 1 is 1.06 bits per heavy atom. The van der Waals surface area contributed by atoms with E-state index in [0.29, 0.717) is 28.0 Å². The van der Waals surface area contributed by atoms with Crippen molar-refractivity contribution in [2.75, 3.05) is 5.32 Å². The maximum atomic E-state index is 12.8. The van der Waals surface area contributed by atoms with Crippen LogP contribution in [0.4, 0.5) is 14.5 Å². The SMILES string of the molecule is NC(=O)c1cccc(Oc2ccc(NC(=O)c3ccc4nc(C(F)F)[nH]c4c3)cn2)c1. The number of hydrogen-bond acceptors (Lipinski definition) is 5. The normalized spacial score (nSPS) is 10.9. The van der Waals surface area contributed by atoms with Gasteiger partial charge in [-0.3, -0.25) is 9.59 Å². The van der Waals surface area contributed by atoms with E-state index in [1.54, 1.807) is 30.3 Å². The van der Waals surface area contributed by atoms with Gasteiger partial charge in [-0.1, -0.05) is 6.07 Å². The van der Waals surface area contributed by atoms with Crippen LogP contribution in [0, 0.1) is 0 Å². The fourth-order valence-corrected chi connectivity index (χ4v) is 2.83. The minimum atomic E-state index is -2.73. The number of nitrogens with zero attached hydrogens (tertiary/aromatic N) is 2. The zero-order valence-corrected chi connectivity index (χ0v) is 15.8. The van der Waals surface area contributed by atoms with E-state index in [2.05, 4.69) is 20.3 Å². The van der Waals surface area contributed by atoms with E-state index in [0.717, 1.165) is 0 Å². The van der Waals surface area contributed by atoms with Gasteiger partial charge >= 0.3 is 0 Å². The summed E-state index contributed by atoms with van der Waals surface area (Å²) in [5.74, 6) is -0.835. The molecule has 0 unspecified atom stereocenters. The molecule has 8 nitrogen and oxygen atoms in total. The third-order valence-corrected chi connectivity index (χ3v) is 4.30. The zero-order chi connectivity index (χ0) is 22.0. The smallest absolute Gasteiger partial charge is 0.295 e. The Labute approximate surface area is 174 Å². The lowest BCUT2D eigenvalue weighted by molar-refractivity contribution is 0.0997. The van der Waals surface area contributed by atoms with Gasteiger partial charge in [-0.25, -0.2) is 18.7 Å². The number of nitrogens with two attached hydrogens (primary N) is 1. The first kappa shape index (κ1) is 20.0. The standard InChI is InChI=1S/C21H15F2N5O3/c22-18(23)20-27-15-6-4-12(9-16(15)28-20)21(30)26-13-5-7-17(25-10-13)31-14-3-1-2-11(8-14)19(24)29/h1-10,18H,(H2,24,29)(H,26,30)(H,27,28). The minimum Gasteiger partial charge on any atom is -0.439 e. The average Bonchev–Trinajstić information content (AvgIpc) is 3.19. The Morgan fingerprint density at radius 3 is 2.61 bits per heavy atom. The number of carbonyl (C=O) groups is 2. The predicted molar refractivity (Wildman–Crippen MR) is 108 cm³/mol. The number of H-pyrrole nitrogens is 1. The quantitative estimate of drug-likeness (QED) is 0.432. The largest absolute Gasteiger partial charge is 0.439 e. The van der Waals surface area contributed by atoms with Crippen molar-refractivity contribution in [1.82, 2.24) is 15.0 Å². The number of halogens is 2. The number of aromatic nitrogens is 3. The summed E-state index contributed by atoms with van der Waals surface area (Å²) in [6.45, 7) is 0. The molecule has 0 saturated carbocycles. The van der Waals surface area contributed by atoms with Crippen molar-refractivity contribution < 1.29 is 23.1 Å². The Kier molecular flexibility index (Phi) is 5.27. The molecule has 156 valence electrons.